The lowest BCUT2D eigenvalue weighted by Crippen LogP contribution is -2.35. The van der Waals surface area contributed by atoms with E-state index in [1.807, 2.05) is 13.8 Å². The molecule has 0 bridgehead atoms. The molecule has 0 aromatic heterocycles. The van der Waals surface area contributed by atoms with Crippen molar-refractivity contribution < 1.29 is 14.3 Å². The third kappa shape index (κ3) is 5.52. The van der Waals surface area contributed by atoms with Crippen molar-refractivity contribution in [1.82, 2.24) is 0 Å². The third-order valence-electron chi connectivity index (χ3n) is 2.42. The lowest BCUT2D eigenvalue weighted by Gasteiger charge is -2.13. The molecule has 0 heterocycles. The summed E-state index contributed by atoms with van der Waals surface area (Å²) < 4.78 is 5.16. The molecule has 0 saturated carbocycles. The van der Waals surface area contributed by atoms with Gasteiger partial charge in [-0.25, -0.2) is 4.79 Å². The van der Waals surface area contributed by atoms with Gasteiger partial charge in [-0.2, -0.15) is 0 Å². The summed E-state index contributed by atoms with van der Waals surface area (Å²) in [4.78, 5) is 22.5. The number of anilines is 1. The van der Waals surface area contributed by atoms with Crippen molar-refractivity contribution >= 4 is 17.6 Å². The summed E-state index contributed by atoms with van der Waals surface area (Å²) in [6.45, 7) is 5.42. The van der Waals surface area contributed by atoms with E-state index in [4.69, 9.17) is 10.5 Å². The number of carbonyl (C=O) groups excluding carboxylic acids is 2. The molecule has 1 rings (SSSR count). The zero-order valence-corrected chi connectivity index (χ0v) is 11.5. The van der Waals surface area contributed by atoms with Gasteiger partial charge in [0.25, 0.3) is 0 Å². The lowest BCUT2D eigenvalue weighted by atomic mass is 10.1. The Kier molecular flexibility index (Phi) is 5.51. The monoisotopic (exact) mass is 264 g/mol. The Labute approximate surface area is 113 Å². The van der Waals surface area contributed by atoms with Gasteiger partial charge in [-0.3, -0.25) is 4.79 Å². The highest BCUT2D eigenvalue weighted by atomic mass is 16.5. The molecule has 1 aromatic carbocycles. The fourth-order valence-corrected chi connectivity index (χ4v) is 1.61. The molecule has 5 heteroatoms. The summed E-state index contributed by atoms with van der Waals surface area (Å²) in [5, 5.41) is 2.63. The number of nitrogens with two attached hydrogens (primary N) is 1. The summed E-state index contributed by atoms with van der Waals surface area (Å²) >= 11 is 0. The van der Waals surface area contributed by atoms with Crippen LogP contribution in [0.1, 0.15) is 27.2 Å². The van der Waals surface area contributed by atoms with Gasteiger partial charge in [0.15, 0.2) is 0 Å². The Hall–Kier alpha value is -1.88. The molecule has 1 aromatic rings. The van der Waals surface area contributed by atoms with Gasteiger partial charge in [0.1, 0.15) is 11.8 Å². The molecular formula is C14H20N2O3. The van der Waals surface area contributed by atoms with Crippen LogP contribution in [0.2, 0.25) is 0 Å². The van der Waals surface area contributed by atoms with Crippen LogP contribution < -0.4 is 15.8 Å². The van der Waals surface area contributed by atoms with Gasteiger partial charge < -0.3 is 15.8 Å². The zero-order chi connectivity index (χ0) is 14.4. The van der Waals surface area contributed by atoms with Gasteiger partial charge in [0.05, 0.1) is 0 Å². The molecule has 0 fully saturated rings. The van der Waals surface area contributed by atoms with Crippen molar-refractivity contribution in [2.24, 2.45) is 11.7 Å². The lowest BCUT2D eigenvalue weighted by molar-refractivity contribution is -0.136. The van der Waals surface area contributed by atoms with E-state index in [9.17, 15) is 9.59 Å². The topological polar surface area (TPSA) is 81.4 Å². The Morgan fingerprint density at radius 1 is 1.26 bits per heavy atom. The molecule has 1 amide bonds. The number of rotatable bonds is 5. The highest BCUT2D eigenvalue weighted by Crippen LogP contribution is 2.16. The van der Waals surface area contributed by atoms with Crippen molar-refractivity contribution in [1.29, 1.82) is 0 Å². The molecule has 0 spiro atoms. The molecule has 0 aliphatic carbocycles. The van der Waals surface area contributed by atoms with Crippen molar-refractivity contribution in [3.8, 4) is 5.75 Å². The van der Waals surface area contributed by atoms with Crippen LogP contribution in [0.3, 0.4) is 0 Å². The number of hydrogen-bond donors (Lipinski definition) is 2. The van der Waals surface area contributed by atoms with Crippen molar-refractivity contribution in [2.75, 3.05) is 5.32 Å². The maximum atomic E-state index is 11.7. The number of esters is 1. The first-order chi connectivity index (χ1) is 8.88. The Morgan fingerprint density at radius 2 is 1.84 bits per heavy atom. The van der Waals surface area contributed by atoms with Crippen molar-refractivity contribution in [2.45, 2.75) is 33.2 Å². The molecule has 0 radical (unpaired) electrons. The minimum atomic E-state index is -0.616. The van der Waals surface area contributed by atoms with Crippen LogP contribution in [0.5, 0.6) is 5.75 Å². The first-order valence-corrected chi connectivity index (χ1v) is 6.23. The summed E-state index contributed by atoms with van der Waals surface area (Å²) in [6, 6.07) is 5.95. The maximum Gasteiger partial charge on any atom is 0.328 e. The average Bonchev–Trinajstić information content (AvgIpc) is 2.30. The molecule has 1 unspecified atom stereocenters. The van der Waals surface area contributed by atoms with Crippen LogP contribution in [-0.2, 0) is 9.59 Å². The van der Waals surface area contributed by atoms with Crippen LogP contribution in [0.15, 0.2) is 24.3 Å². The second kappa shape index (κ2) is 6.89. The van der Waals surface area contributed by atoms with E-state index >= 15 is 0 Å². The Bertz CT molecular complexity index is 441. The number of carbonyl (C=O) groups is 2. The minimum Gasteiger partial charge on any atom is -0.425 e. The highest BCUT2D eigenvalue weighted by molar-refractivity contribution is 5.88. The van der Waals surface area contributed by atoms with E-state index in [0.717, 1.165) is 0 Å². The standard InChI is InChI=1S/C14H20N2O3/c1-9(2)8-13(15)14(18)19-12-6-4-11(5-7-12)16-10(3)17/h4-7,9,13H,8,15H2,1-3H3,(H,16,17). The normalized spacial score (nSPS) is 12.1. The van der Waals surface area contributed by atoms with Gasteiger partial charge >= 0.3 is 5.97 Å². The van der Waals surface area contributed by atoms with E-state index in [-0.39, 0.29) is 5.91 Å². The molecule has 0 aliphatic rings. The van der Waals surface area contributed by atoms with Crippen LogP contribution in [0.4, 0.5) is 5.69 Å². The Morgan fingerprint density at radius 3 is 2.32 bits per heavy atom. The van der Waals surface area contributed by atoms with Crippen LogP contribution in [0, 0.1) is 5.92 Å². The summed E-state index contributed by atoms with van der Waals surface area (Å²) in [5.74, 6) is 0.160. The molecule has 1 atom stereocenters. The molecule has 5 nitrogen and oxygen atoms in total. The number of benzene rings is 1. The third-order valence-corrected chi connectivity index (χ3v) is 2.42. The van der Waals surface area contributed by atoms with Gasteiger partial charge in [0, 0.05) is 12.6 Å². The summed E-state index contributed by atoms with van der Waals surface area (Å²) in [5.41, 5.74) is 6.38. The zero-order valence-electron chi connectivity index (χ0n) is 11.5. The fourth-order valence-electron chi connectivity index (χ4n) is 1.61. The SMILES string of the molecule is CC(=O)Nc1ccc(OC(=O)C(N)CC(C)C)cc1. The van der Waals surface area contributed by atoms with Crippen LogP contribution in [0.25, 0.3) is 0 Å². The molecule has 0 saturated heterocycles. The van der Waals surface area contributed by atoms with Gasteiger partial charge in [-0.15, -0.1) is 0 Å². The molecule has 0 aliphatic heterocycles. The van der Waals surface area contributed by atoms with Gasteiger partial charge in [-0.1, -0.05) is 13.8 Å². The van der Waals surface area contributed by atoms with E-state index in [1.54, 1.807) is 24.3 Å². The minimum absolute atomic E-state index is 0.149. The number of hydrogen-bond acceptors (Lipinski definition) is 4. The summed E-state index contributed by atoms with van der Waals surface area (Å²) in [7, 11) is 0. The van der Waals surface area contributed by atoms with E-state index < -0.39 is 12.0 Å². The maximum absolute atomic E-state index is 11.7. The largest absolute Gasteiger partial charge is 0.425 e. The fraction of sp³-hybridized carbons (Fsp3) is 0.429. The van der Waals surface area contributed by atoms with E-state index in [0.29, 0.717) is 23.8 Å². The predicted octanol–water partition coefficient (Wildman–Crippen LogP) is 1.92. The number of amides is 1. The first kappa shape index (κ1) is 15.2. The molecule has 19 heavy (non-hydrogen) atoms. The second-order valence-electron chi connectivity index (χ2n) is 4.86. The van der Waals surface area contributed by atoms with E-state index in [1.165, 1.54) is 6.92 Å². The molecular weight excluding hydrogens is 244 g/mol. The van der Waals surface area contributed by atoms with Gasteiger partial charge in [0.2, 0.25) is 5.91 Å². The molecule has 3 N–H and O–H groups in total. The van der Waals surface area contributed by atoms with Crippen LogP contribution >= 0.6 is 0 Å². The Balaban J connectivity index is 2.57. The number of nitrogens with one attached hydrogen (secondary N) is 1. The first-order valence-electron chi connectivity index (χ1n) is 6.23. The van der Waals surface area contributed by atoms with Gasteiger partial charge in [-0.05, 0) is 36.6 Å². The highest BCUT2D eigenvalue weighted by Gasteiger charge is 2.17. The smallest absolute Gasteiger partial charge is 0.328 e. The summed E-state index contributed by atoms with van der Waals surface area (Å²) in [6.07, 6.45) is 0.586. The number of ether oxygens (including phenoxy) is 1. The second-order valence-corrected chi connectivity index (χ2v) is 4.86. The van der Waals surface area contributed by atoms with Crippen LogP contribution in [-0.4, -0.2) is 17.9 Å². The molecule has 104 valence electrons. The van der Waals surface area contributed by atoms with Crippen molar-refractivity contribution in [3.05, 3.63) is 24.3 Å². The van der Waals surface area contributed by atoms with E-state index in [2.05, 4.69) is 5.32 Å². The average molecular weight is 264 g/mol. The quantitative estimate of drug-likeness (QED) is 0.629. The predicted molar refractivity (Wildman–Crippen MR) is 73.8 cm³/mol. The van der Waals surface area contributed by atoms with Crippen molar-refractivity contribution in [3.63, 3.8) is 0 Å².